The molecule has 11 heteroatoms. The Labute approximate surface area is 200 Å². The first-order valence-electron chi connectivity index (χ1n) is 11.0. The molecule has 0 amide bonds. The van der Waals surface area contributed by atoms with E-state index in [1.54, 1.807) is 35.0 Å². The Morgan fingerprint density at radius 1 is 1.09 bits per heavy atom. The number of rotatable bonds is 6. The zero-order valence-electron chi connectivity index (χ0n) is 19.4. The lowest BCUT2D eigenvalue weighted by molar-refractivity contribution is -0.385. The molecule has 0 bridgehead atoms. The Hall–Kier alpha value is -4.41. The second kappa shape index (κ2) is 8.75. The van der Waals surface area contributed by atoms with E-state index in [2.05, 4.69) is 10.3 Å². The van der Waals surface area contributed by atoms with Gasteiger partial charge >= 0.3 is 0 Å². The number of nitrogens with one attached hydrogen (secondary N) is 1. The molecule has 1 aliphatic carbocycles. The normalized spacial score (nSPS) is 16.8. The van der Waals surface area contributed by atoms with Crippen LogP contribution in [0, 0.1) is 10.1 Å². The maximum Gasteiger partial charge on any atom is 0.275 e. The summed E-state index contributed by atoms with van der Waals surface area (Å²) in [4.78, 5) is 29.1. The molecule has 3 aromatic rings. The Bertz CT molecular complexity index is 1350. The number of nitro benzene ring substituents is 1. The van der Waals surface area contributed by atoms with Crippen LogP contribution in [0.3, 0.4) is 0 Å². The summed E-state index contributed by atoms with van der Waals surface area (Å²) >= 11 is 0. The fourth-order valence-electron chi connectivity index (χ4n) is 4.66. The summed E-state index contributed by atoms with van der Waals surface area (Å²) in [6.45, 7) is 0. The van der Waals surface area contributed by atoms with Crippen molar-refractivity contribution >= 4 is 17.4 Å². The number of nitro groups is 1. The molecule has 1 aromatic heterocycles. The van der Waals surface area contributed by atoms with Gasteiger partial charge in [-0.15, -0.1) is 5.10 Å². The highest BCUT2D eigenvalue weighted by atomic mass is 16.6. The third-order valence-electron chi connectivity index (χ3n) is 6.22. The van der Waals surface area contributed by atoms with Crippen LogP contribution in [0.15, 0.2) is 47.7 Å². The number of ether oxygens (including phenoxy) is 3. The number of Topliss-reactive ketones (excluding diaryl/α,β-unsaturated/α-hetero) is 1. The maximum atomic E-state index is 13.0. The van der Waals surface area contributed by atoms with E-state index in [0.717, 1.165) is 5.70 Å². The Kier molecular flexibility index (Phi) is 5.59. The molecule has 1 aliphatic heterocycles. The minimum absolute atomic E-state index is 0.0580. The van der Waals surface area contributed by atoms with Crippen LogP contribution in [0.4, 0.5) is 11.6 Å². The van der Waals surface area contributed by atoms with Gasteiger partial charge in [0.1, 0.15) is 6.04 Å². The van der Waals surface area contributed by atoms with Crippen molar-refractivity contribution in [2.45, 2.75) is 25.3 Å². The van der Waals surface area contributed by atoms with Gasteiger partial charge in [0, 0.05) is 29.3 Å². The molecule has 1 atom stereocenters. The van der Waals surface area contributed by atoms with Crippen molar-refractivity contribution in [1.29, 1.82) is 0 Å². The largest absolute Gasteiger partial charge is 0.493 e. The van der Waals surface area contributed by atoms with E-state index >= 15 is 0 Å². The number of fused-ring (bicyclic) bond motifs is 1. The standard InChI is InChI=1S/C24H23N5O6/c1-33-18-11-13(12-19(34-2)22(18)35-3)23-26-24-25-15-8-6-10-17(30)20(15)21(28(24)27-23)14-7-4-5-9-16(14)29(31)32/h4-5,7,9,11-12,21H,6,8,10H2,1-3H3,(H,25,26,27). The average molecular weight is 477 g/mol. The van der Waals surface area contributed by atoms with Crippen molar-refractivity contribution in [2.75, 3.05) is 26.6 Å². The summed E-state index contributed by atoms with van der Waals surface area (Å²) in [7, 11) is 4.55. The molecular formula is C24H23N5O6. The van der Waals surface area contributed by atoms with Gasteiger partial charge in [0.2, 0.25) is 11.7 Å². The minimum atomic E-state index is -0.779. The maximum absolute atomic E-state index is 13.0. The zero-order chi connectivity index (χ0) is 24.7. The van der Waals surface area contributed by atoms with E-state index in [4.69, 9.17) is 19.3 Å². The molecule has 5 rings (SSSR count). The van der Waals surface area contributed by atoms with Gasteiger partial charge in [-0.1, -0.05) is 12.1 Å². The predicted molar refractivity (Wildman–Crippen MR) is 126 cm³/mol. The highest BCUT2D eigenvalue weighted by Gasteiger charge is 2.39. The van der Waals surface area contributed by atoms with E-state index < -0.39 is 11.0 Å². The first-order chi connectivity index (χ1) is 17.0. The highest BCUT2D eigenvalue weighted by molar-refractivity contribution is 5.99. The van der Waals surface area contributed by atoms with E-state index in [9.17, 15) is 14.9 Å². The number of hydrogen-bond donors (Lipinski definition) is 1. The van der Waals surface area contributed by atoms with E-state index in [0.29, 0.717) is 65.0 Å². The van der Waals surface area contributed by atoms with Crippen molar-refractivity contribution in [3.05, 3.63) is 63.3 Å². The number of allylic oxidation sites excluding steroid dienone is 2. The fourth-order valence-corrected chi connectivity index (χ4v) is 4.66. The van der Waals surface area contributed by atoms with Crippen molar-refractivity contribution in [3.63, 3.8) is 0 Å². The van der Waals surface area contributed by atoms with Gasteiger partial charge in [-0.25, -0.2) is 4.68 Å². The Morgan fingerprint density at radius 3 is 2.46 bits per heavy atom. The van der Waals surface area contributed by atoms with Gasteiger partial charge in [0.05, 0.1) is 31.8 Å². The first kappa shape index (κ1) is 22.4. The molecule has 11 nitrogen and oxygen atoms in total. The zero-order valence-corrected chi connectivity index (χ0v) is 19.4. The number of carbonyl (C=O) groups excluding carboxylic acids is 1. The molecule has 0 radical (unpaired) electrons. The summed E-state index contributed by atoms with van der Waals surface area (Å²) < 4.78 is 17.9. The van der Waals surface area contributed by atoms with Crippen LogP contribution in [0.25, 0.3) is 11.4 Å². The number of benzene rings is 2. The second-order valence-electron chi connectivity index (χ2n) is 8.13. The number of ketones is 1. The minimum Gasteiger partial charge on any atom is -0.493 e. The van der Waals surface area contributed by atoms with Crippen LogP contribution < -0.4 is 19.5 Å². The summed E-state index contributed by atoms with van der Waals surface area (Å²) in [5.74, 6) is 1.97. The lowest BCUT2D eigenvalue weighted by Crippen LogP contribution is -2.31. The molecule has 0 saturated carbocycles. The predicted octanol–water partition coefficient (Wildman–Crippen LogP) is 3.90. The van der Waals surface area contributed by atoms with Gasteiger partial charge in [-0.05, 0) is 31.0 Å². The SMILES string of the molecule is COc1cc(-c2nc3n(n2)C(c2ccccc2[N+](=O)[O-])C2=C(CCCC2=O)N3)cc(OC)c1OC. The molecule has 0 spiro atoms. The van der Waals surface area contributed by atoms with Gasteiger partial charge in [-0.3, -0.25) is 14.9 Å². The van der Waals surface area contributed by atoms with Crippen LogP contribution in [0.5, 0.6) is 17.2 Å². The van der Waals surface area contributed by atoms with Crippen LogP contribution in [-0.2, 0) is 4.79 Å². The number of para-hydroxylation sites is 1. The quantitative estimate of drug-likeness (QED) is 0.415. The van der Waals surface area contributed by atoms with Crippen LogP contribution in [0.1, 0.15) is 30.9 Å². The van der Waals surface area contributed by atoms with Crippen molar-refractivity contribution in [3.8, 4) is 28.6 Å². The number of carbonyl (C=O) groups is 1. The number of anilines is 1. The number of nitrogens with zero attached hydrogens (tertiary/aromatic N) is 4. The van der Waals surface area contributed by atoms with Gasteiger partial charge in [0.15, 0.2) is 23.1 Å². The molecule has 0 fully saturated rings. The molecule has 0 saturated heterocycles. The van der Waals surface area contributed by atoms with E-state index in [-0.39, 0.29) is 11.5 Å². The van der Waals surface area contributed by atoms with Crippen LogP contribution >= 0.6 is 0 Å². The number of methoxy groups -OCH3 is 3. The van der Waals surface area contributed by atoms with E-state index in [1.807, 2.05) is 0 Å². The van der Waals surface area contributed by atoms with Gasteiger partial charge in [-0.2, -0.15) is 4.98 Å². The Balaban J connectivity index is 1.70. The fraction of sp³-hybridized carbons (Fsp3) is 0.292. The molecule has 1 unspecified atom stereocenters. The third kappa shape index (κ3) is 3.65. The lowest BCUT2D eigenvalue weighted by atomic mass is 9.85. The first-order valence-corrected chi connectivity index (χ1v) is 11.0. The van der Waals surface area contributed by atoms with Crippen LogP contribution in [0.2, 0.25) is 0 Å². The van der Waals surface area contributed by atoms with Crippen molar-refractivity contribution in [2.24, 2.45) is 0 Å². The molecule has 2 heterocycles. The van der Waals surface area contributed by atoms with E-state index in [1.165, 1.54) is 27.4 Å². The molecule has 35 heavy (non-hydrogen) atoms. The van der Waals surface area contributed by atoms with Crippen molar-refractivity contribution in [1.82, 2.24) is 14.8 Å². The number of aromatic nitrogens is 3. The topological polar surface area (TPSA) is 131 Å². The molecule has 180 valence electrons. The second-order valence-corrected chi connectivity index (χ2v) is 8.13. The molecule has 2 aromatic carbocycles. The highest BCUT2D eigenvalue weighted by Crippen LogP contribution is 2.44. The third-order valence-corrected chi connectivity index (χ3v) is 6.22. The smallest absolute Gasteiger partial charge is 0.275 e. The molecule has 1 N–H and O–H groups in total. The van der Waals surface area contributed by atoms with Crippen LogP contribution in [-0.4, -0.2) is 46.8 Å². The number of hydrogen-bond acceptors (Lipinski definition) is 9. The monoisotopic (exact) mass is 477 g/mol. The lowest BCUT2D eigenvalue weighted by Gasteiger charge is -2.31. The molecule has 2 aliphatic rings. The summed E-state index contributed by atoms with van der Waals surface area (Å²) in [6, 6.07) is 9.08. The van der Waals surface area contributed by atoms with Crippen molar-refractivity contribution < 1.29 is 23.9 Å². The Morgan fingerprint density at radius 2 is 1.80 bits per heavy atom. The summed E-state index contributed by atoms with van der Waals surface area (Å²) in [5.41, 5.74) is 2.10. The summed E-state index contributed by atoms with van der Waals surface area (Å²) in [5, 5.41) is 19.8. The van der Waals surface area contributed by atoms with Gasteiger partial charge in [0.25, 0.3) is 5.69 Å². The van der Waals surface area contributed by atoms with Gasteiger partial charge < -0.3 is 19.5 Å². The summed E-state index contributed by atoms with van der Waals surface area (Å²) in [6.07, 6.45) is 1.72. The molecular weight excluding hydrogens is 454 g/mol. The average Bonchev–Trinajstić information content (AvgIpc) is 3.30.